The van der Waals surface area contributed by atoms with Gasteiger partial charge in [-0.2, -0.15) is 5.26 Å². The second-order valence-electron chi connectivity index (χ2n) is 4.31. The lowest BCUT2D eigenvalue weighted by Crippen LogP contribution is -1.95. The highest BCUT2D eigenvalue weighted by atomic mass is 35.5. The highest BCUT2D eigenvalue weighted by molar-refractivity contribution is 6.33. The molecule has 0 aliphatic rings. The third kappa shape index (κ3) is 2.64. The first-order chi connectivity index (χ1) is 8.60. The van der Waals surface area contributed by atoms with Crippen molar-refractivity contribution in [3.05, 3.63) is 63.7 Å². The largest absolute Gasteiger partial charge is 0.398 e. The van der Waals surface area contributed by atoms with Gasteiger partial charge in [0.05, 0.1) is 22.3 Å². The fourth-order valence-electron chi connectivity index (χ4n) is 1.92. The molecule has 0 unspecified atom stereocenters. The van der Waals surface area contributed by atoms with Crippen LogP contribution in [0.1, 0.15) is 22.3 Å². The molecule has 0 saturated carbocycles. The van der Waals surface area contributed by atoms with Crippen LogP contribution in [0.5, 0.6) is 0 Å². The lowest BCUT2D eigenvalue weighted by atomic mass is 10.0. The zero-order valence-corrected chi connectivity index (χ0v) is 10.8. The molecular formula is C15H13ClN2. The lowest BCUT2D eigenvalue weighted by molar-refractivity contribution is 1.18. The van der Waals surface area contributed by atoms with E-state index in [2.05, 4.69) is 6.07 Å². The summed E-state index contributed by atoms with van der Waals surface area (Å²) in [5.74, 6) is 0. The highest BCUT2D eigenvalue weighted by Crippen LogP contribution is 2.27. The zero-order chi connectivity index (χ0) is 13.1. The number of nitrogens with two attached hydrogens (primary N) is 1. The summed E-state index contributed by atoms with van der Waals surface area (Å²) in [5.41, 5.74) is 10.3. The van der Waals surface area contributed by atoms with Crippen LogP contribution < -0.4 is 5.73 Å². The van der Waals surface area contributed by atoms with E-state index in [-0.39, 0.29) is 0 Å². The molecule has 0 aromatic heterocycles. The molecular weight excluding hydrogens is 244 g/mol. The van der Waals surface area contributed by atoms with Crippen molar-refractivity contribution in [2.45, 2.75) is 13.3 Å². The molecule has 0 saturated heterocycles. The minimum Gasteiger partial charge on any atom is -0.398 e. The number of nitrogens with zero attached hydrogens (tertiary/aromatic N) is 1. The molecule has 2 aromatic carbocycles. The predicted molar refractivity (Wildman–Crippen MR) is 74.6 cm³/mol. The van der Waals surface area contributed by atoms with Gasteiger partial charge in [0, 0.05) is 0 Å². The number of benzene rings is 2. The second kappa shape index (κ2) is 5.12. The summed E-state index contributed by atoms with van der Waals surface area (Å²) in [4.78, 5) is 0. The molecule has 2 rings (SSSR count). The SMILES string of the molecule is Cc1cc(N)c(Cl)c(Cc2ccc(C#N)cc2)c1. The molecule has 2 nitrogen and oxygen atoms in total. The van der Waals surface area contributed by atoms with E-state index in [9.17, 15) is 0 Å². The highest BCUT2D eigenvalue weighted by Gasteiger charge is 2.06. The van der Waals surface area contributed by atoms with Crippen molar-refractivity contribution in [2.75, 3.05) is 5.73 Å². The monoisotopic (exact) mass is 256 g/mol. The Morgan fingerprint density at radius 2 is 1.89 bits per heavy atom. The minimum atomic E-state index is 0.611. The third-order valence-electron chi connectivity index (χ3n) is 2.80. The standard InChI is InChI=1S/C15H13ClN2/c1-10-6-13(15(16)14(18)7-10)8-11-2-4-12(9-17)5-3-11/h2-7H,8,18H2,1H3. The summed E-state index contributed by atoms with van der Waals surface area (Å²) < 4.78 is 0. The summed E-state index contributed by atoms with van der Waals surface area (Å²) in [5, 5.41) is 9.36. The Labute approximate surface area is 112 Å². The Balaban J connectivity index is 2.31. The van der Waals surface area contributed by atoms with Gasteiger partial charge >= 0.3 is 0 Å². The van der Waals surface area contributed by atoms with E-state index in [4.69, 9.17) is 22.6 Å². The van der Waals surface area contributed by atoms with Crippen molar-refractivity contribution in [2.24, 2.45) is 0 Å². The maximum absolute atomic E-state index is 8.75. The van der Waals surface area contributed by atoms with Crippen molar-refractivity contribution in [1.82, 2.24) is 0 Å². The molecule has 90 valence electrons. The Hall–Kier alpha value is -1.98. The Morgan fingerprint density at radius 1 is 1.22 bits per heavy atom. The van der Waals surface area contributed by atoms with E-state index in [0.717, 1.165) is 23.1 Å². The van der Waals surface area contributed by atoms with E-state index in [0.29, 0.717) is 16.3 Å². The fraction of sp³-hybridized carbons (Fsp3) is 0.133. The molecule has 0 radical (unpaired) electrons. The number of anilines is 1. The smallest absolute Gasteiger partial charge is 0.0991 e. The van der Waals surface area contributed by atoms with Crippen molar-refractivity contribution in [3.63, 3.8) is 0 Å². The Kier molecular flexibility index (Phi) is 3.55. The second-order valence-corrected chi connectivity index (χ2v) is 4.69. The van der Waals surface area contributed by atoms with Crippen LogP contribution in [0.2, 0.25) is 5.02 Å². The van der Waals surface area contributed by atoms with Crippen LogP contribution in [0.4, 0.5) is 5.69 Å². The molecule has 2 aromatic rings. The van der Waals surface area contributed by atoms with Crippen LogP contribution in [0.15, 0.2) is 36.4 Å². The van der Waals surface area contributed by atoms with E-state index in [1.54, 1.807) is 0 Å². The molecule has 0 fully saturated rings. The van der Waals surface area contributed by atoms with Crippen LogP contribution in [-0.2, 0) is 6.42 Å². The molecule has 0 amide bonds. The summed E-state index contributed by atoms with van der Waals surface area (Å²) in [6.07, 6.45) is 0.719. The molecule has 18 heavy (non-hydrogen) atoms. The van der Waals surface area contributed by atoms with Gasteiger partial charge in [0.1, 0.15) is 0 Å². The van der Waals surface area contributed by atoms with Crippen molar-refractivity contribution < 1.29 is 0 Å². The molecule has 0 bridgehead atoms. The van der Waals surface area contributed by atoms with Gasteiger partial charge in [-0.3, -0.25) is 0 Å². The molecule has 3 heteroatoms. The summed E-state index contributed by atoms with van der Waals surface area (Å²) >= 11 is 6.20. The number of nitriles is 1. The van der Waals surface area contributed by atoms with Gasteiger partial charge in [-0.1, -0.05) is 29.8 Å². The Bertz CT molecular complexity index is 610. The van der Waals surface area contributed by atoms with Crippen molar-refractivity contribution in [3.8, 4) is 6.07 Å². The molecule has 0 heterocycles. The maximum Gasteiger partial charge on any atom is 0.0991 e. The van der Waals surface area contributed by atoms with E-state index in [1.165, 1.54) is 0 Å². The van der Waals surface area contributed by atoms with Gasteiger partial charge in [-0.25, -0.2) is 0 Å². The average molecular weight is 257 g/mol. The minimum absolute atomic E-state index is 0.611. The maximum atomic E-state index is 8.75. The molecule has 0 atom stereocenters. The van der Waals surface area contributed by atoms with Gasteiger partial charge in [-0.05, 0) is 48.2 Å². The lowest BCUT2D eigenvalue weighted by Gasteiger charge is -2.09. The van der Waals surface area contributed by atoms with Gasteiger partial charge in [-0.15, -0.1) is 0 Å². The summed E-state index contributed by atoms with van der Waals surface area (Å²) in [6.45, 7) is 2.00. The molecule has 0 spiro atoms. The summed E-state index contributed by atoms with van der Waals surface area (Å²) in [6, 6.07) is 13.5. The number of hydrogen-bond donors (Lipinski definition) is 1. The zero-order valence-electron chi connectivity index (χ0n) is 10.1. The number of nitrogen functional groups attached to an aromatic ring is 1. The number of halogens is 1. The van der Waals surface area contributed by atoms with Crippen LogP contribution in [0, 0.1) is 18.3 Å². The van der Waals surface area contributed by atoms with Crippen LogP contribution in [0.25, 0.3) is 0 Å². The van der Waals surface area contributed by atoms with Crippen molar-refractivity contribution in [1.29, 1.82) is 5.26 Å². The van der Waals surface area contributed by atoms with E-state index >= 15 is 0 Å². The molecule has 0 aliphatic carbocycles. The Morgan fingerprint density at radius 3 is 2.50 bits per heavy atom. The van der Waals surface area contributed by atoms with Gasteiger partial charge in [0.15, 0.2) is 0 Å². The van der Waals surface area contributed by atoms with E-state index < -0.39 is 0 Å². The first-order valence-corrected chi connectivity index (χ1v) is 6.01. The molecule has 2 N–H and O–H groups in total. The first-order valence-electron chi connectivity index (χ1n) is 5.63. The van der Waals surface area contributed by atoms with Crippen LogP contribution in [0.3, 0.4) is 0 Å². The number of hydrogen-bond acceptors (Lipinski definition) is 2. The first kappa shape index (κ1) is 12.5. The van der Waals surface area contributed by atoms with Gasteiger partial charge in [0.25, 0.3) is 0 Å². The average Bonchev–Trinajstić information content (AvgIpc) is 2.36. The predicted octanol–water partition coefficient (Wildman–Crippen LogP) is 3.69. The quantitative estimate of drug-likeness (QED) is 0.833. The van der Waals surface area contributed by atoms with Gasteiger partial charge in [0.2, 0.25) is 0 Å². The topological polar surface area (TPSA) is 49.8 Å². The van der Waals surface area contributed by atoms with E-state index in [1.807, 2.05) is 43.3 Å². The third-order valence-corrected chi connectivity index (χ3v) is 3.26. The van der Waals surface area contributed by atoms with Crippen LogP contribution >= 0.6 is 11.6 Å². The molecule has 0 aliphatic heterocycles. The number of aryl methyl sites for hydroxylation is 1. The van der Waals surface area contributed by atoms with Gasteiger partial charge < -0.3 is 5.73 Å². The normalized spacial score (nSPS) is 10.1. The van der Waals surface area contributed by atoms with Crippen LogP contribution in [-0.4, -0.2) is 0 Å². The summed E-state index contributed by atoms with van der Waals surface area (Å²) in [7, 11) is 0. The number of rotatable bonds is 2. The van der Waals surface area contributed by atoms with Crippen molar-refractivity contribution >= 4 is 17.3 Å². The fourth-order valence-corrected chi connectivity index (χ4v) is 2.10.